The van der Waals surface area contributed by atoms with Gasteiger partial charge in [0.15, 0.2) is 11.6 Å². The summed E-state index contributed by atoms with van der Waals surface area (Å²) in [5, 5.41) is 0. The second kappa shape index (κ2) is 6.97. The number of anilines is 1. The highest BCUT2D eigenvalue weighted by molar-refractivity contribution is 5.82. The first kappa shape index (κ1) is 18.2. The number of carbonyl (C=O) groups is 1. The van der Waals surface area contributed by atoms with E-state index in [-0.39, 0.29) is 24.4 Å². The molecule has 1 amide bonds. The molecule has 0 atom stereocenters. The van der Waals surface area contributed by atoms with Gasteiger partial charge in [0.1, 0.15) is 11.6 Å². The van der Waals surface area contributed by atoms with Crippen LogP contribution in [0.2, 0.25) is 0 Å². The Balaban J connectivity index is 1.69. The molecular formula is C19H22F2N4O. The van der Waals surface area contributed by atoms with Crippen molar-refractivity contribution in [3.05, 3.63) is 53.5 Å². The van der Waals surface area contributed by atoms with Gasteiger partial charge in [-0.05, 0) is 23.8 Å². The highest BCUT2D eigenvalue weighted by atomic mass is 19.2. The lowest BCUT2D eigenvalue weighted by Crippen LogP contribution is -2.50. The van der Waals surface area contributed by atoms with Gasteiger partial charge in [0, 0.05) is 31.2 Å². The molecule has 0 spiro atoms. The fourth-order valence-electron chi connectivity index (χ4n) is 2.82. The van der Waals surface area contributed by atoms with Gasteiger partial charge in [-0.2, -0.15) is 0 Å². The van der Waals surface area contributed by atoms with Gasteiger partial charge in [0.25, 0.3) is 0 Å². The van der Waals surface area contributed by atoms with Gasteiger partial charge in [-0.15, -0.1) is 0 Å². The van der Waals surface area contributed by atoms with E-state index >= 15 is 0 Å². The van der Waals surface area contributed by atoms with E-state index in [9.17, 15) is 13.6 Å². The summed E-state index contributed by atoms with van der Waals surface area (Å²) in [6, 6.07) is 5.51. The lowest BCUT2D eigenvalue weighted by atomic mass is 9.96. The molecule has 2 heterocycles. The Morgan fingerprint density at radius 3 is 2.54 bits per heavy atom. The van der Waals surface area contributed by atoms with Crippen LogP contribution >= 0.6 is 0 Å². The second-order valence-corrected chi connectivity index (χ2v) is 7.47. The van der Waals surface area contributed by atoms with Crippen LogP contribution in [0.25, 0.3) is 0 Å². The molecule has 0 unspecified atom stereocenters. The summed E-state index contributed by atoms with van der Waals surface area (Å²) in [6.07, 6.45) is 1.71. The lowest BCUT2D eigenvalue weighted by Gasteiger charge is -2.35. The van der Waals surface area contributed by atoms with Crippen molar-refractivity contribution in [2.75, 3.05) is 24.5 Å². The lowest BCUT2D eigenvalue weighted by molar-refractivity contribution is -0.131. The van der Waals surface area contributed by atoms with Gasteiger partial charge in [0.05, 0.1) is 6.54 Å². The standard InChI is InChI=1S/C19H22F2N4O/c1-19(2,3)18-22-7-6-16(23-18)24-8-9-25(17(26)12-24)11-13-4-5-14(20)15(21)10-13/h4-7,10H,8-9,11-12H2,1-3H3. The zero-order chi connectivity index (χ0) is 18.9. The average Bonchev–Trinajstić information content (AvgIpc) is 2.59. The zero-order valence-electron chi connectivity index (χ0n) is 15.2. The number of amides is 1. The first-order chi connectivity index (χ1) is 12.2. The summed E-state index contributed by atoms with van der Waals surface area (Å²) in [5.41, 5.74) is 0.400. The van der Waals surface area contributed by atoms with Crippen molar-refractivity contribution in [2.45, 2.75) is 32.7 Å². The summed E-state index contributed by atoms with van der Waals surface area (Å²) in [6.45, 7) is 7.69. The van der Waals surface area contributed by atoms with Crippen molar-refractivity contribution < 1.29 is 13.6 Å². The minimum atomic E-state index is -0.899. The van der Waals surface area contributed by atoms with Crippen LogP contribution in [-0.2, 0) is 16.8 Å². The van der Waals surface area contributed by atoms with Crippen LogP contribution in [0.5, 0.6) is 0 Å². The van der Waals surface area contributed by atoms with Crippen LogP contribution in [0.1, 0.15) is 32.2 Å². The number of nitrogens with zero attached hydrogens (tertiary/aromatic N) is 4. The maximum Gasteiger partial charge on any atom is 0.242 e. The van der Waals surface area contributed by atoms with Gasteiger partial charge < -0.3 is 9.80 Å². The third-order valence-electron chi connectivity index (χ3n) is 4.31. The van der Waals surface area contributed by atoms with Crippen LogP contribution in [0.3, 0.4) is 0 Å². The molecule has 1 aliphatic heterocycles. The monoisotopic (exact) mass is 360 g/mol. The summed E-state index contributed by atoms with van der Waals surface area (Å²) in [5.74, 6) is -0.401. The van der Waals surface area contributed by atoms with Crippen molar-refractivity contribution in [1.82, 2.24) is 14.9 Å². The van der Waals surface area contributed by atoms with Crippen molar-refractivity contribution in [3.63, 3.8) is 0 Å². The Hall–Kier alpha value is -2.57. The van der Waals surface area contributed by atoms with E-state index in [1.54, 1.807) is 17.2 Å². The quantitative estimate of drug-likeness (QED) is 0.845. The van der Waals surface area contributed by atoms with Crippen LogP contribution in [0.15, 0.2) is 30.5 Å². The Morgan fingerprint density at radius 2 is 1.88 bits per heavy atom. The molecule has 2 aromatic rings. The molecule has 0 N–H and O–H groups in total. The highest BCUT2D eigenvalue weighted by Crippen LogP contribution is 2.22. The fraction of sp³-hybridized carbons (Fsp3) is 0.421. The maximum absolute atomic E-state index is 13.3. The van der Waals surface area contributed by atoms with Crippen LogP contribution in [-0.4, -0.2) is 40.4 Å². The van der Waals surface area contributed by atoms with Gasteiger partial charge in [-0.25, -0.2) is 18.7 Å². The summed E-state index contributed by atoms with van der Waals surface area (Å²) < 4.78 is 26.4. The Kier molecular flexibility index (Phi) is 4.89. The largest absolute Gasteiger partial charge is 0.345 e. The predicted molar refractivity (Wildman–Crippen MR) is 94.7 cm³/mol. The molecule has 26 heavy (non-hydrogen) atoms. The number of halogens is 2. The van der Waals surface area contributed by atoms with Gasteiger partial charge >= 0.3 is 0 Å². The predicted octanol–water partition coefficient (Wildman–Crippen LogP) is 2.90. The smallest absolute Gasteiger partial charge is 0.242 e. The molecule has 1 aromatic carbocycles. The summed E-state index contributed by atoms with van der Waals surface area (Å²) >= 11 is 0. The number of rotatable bonds is 3. The van der Waals surface area contributed by atoms with E-state index in [0.717, 1.165) is 23.8 Å². The van der Waals surface area contributed by atoms with E-state index in [2.05, 4.69) is 9.97 Å². The Labute approximate surface area is 151 Å². The third kappa shape index (κ3) is 3.98. The first-order valence-electron chi connectivity index (χ1n) is 8.54. The Morgan fingerprint density at radius 1 is 1.12 bits per heavy atom. The van der Waals surface area contributed by atoms with E-state index < -0.39 is 11.6 Å². The number of aromatic nitrogens is 2. The number of hydrogen-bond acceptors (Lipinski definition) is 4. The average molecular weight is 360 g/mol. The second-order valence-electron chi connectivity index (χ2n) is 7.47. The molecule has 1 aromatic heterocycles. The molecule has 1 saturated heterocycles. The molecular weight excluding hydrogens is 338 g/mol. The molecule has 0 aliphatic carbocycles. The molecule has 0 bridgehead atoms. The molecule has 1 aliphatic rings. The van der Waals surface area contributed by atoms with Gasteiger partial charge in [0.2, 0.25) is 5.91 Å². The van der Waals surface area contributed by atoms with E-state index in [0.29, 0.717) is 18.7 Å². The molecule has 7 heteroatoms. The topological polar surface area (TPSA) is 49.3 Å². The van der Waals surface area contributed by atoms with Crippen LogP contribution < -0.4 is 4.90 Å². The minimum Gasteiger partial charge on any atom is -0.345 e. The summed E-state index contributed by atoms with van der Waals surface area (Å²) in [4.78, 5) is 25.0. The van der Waals surface area contributed by atoms with Crippen molar-refractivity contribution in [2.24, 2.45) is 0 Å². The maximum atomic E-state index is 13.3. The molecule has 1 fully saturated rings. The fourth-order valence-corrected chi connectivity index (χ4v) is 2.82. The number of benzene rings is 1. The minimum absolute atomic E-state index is 0.0723. The van der Waals surface area contributed by atoms with E-state index in [1.807, 2.05) is 25.7 Å². The third-order valence-corrected chi connectivity index (χ3v) is 4.31. The van der Waals surface area contributed by atoms with Gasteiger partial charge in [-0.1, -0.05) is 26.8 Å². The highest BCUT2D eigenvalue weighted by Gasteiger charge is 2.26. The van der Waals surface area contributed by atoms with Crippen molar-refractivity contribution >= 4 is 11.7 Å². The first-order valence-corrected chi connectivity index (χ1v) is 8.54. The van der Waals surface area contributed by atoms with Crippen molar-refractivity contribution in [1.29, 1.82) is 0 Å². The van der Waals surface area contributed by atoms with Gasteiger partial charge in [-0.3, -0.25) is 4.79 Å². The molecule has 0 radical (unpaired) electrons. The molecule has 0 saturated carbocycles. The number of hydrogen-bond donors (Lipinski definition) is 0. The molecule has 138 valence electrons. The van der Waals surface area contributed by atoms with E-state index in [4.69, 9.17) is 0 Å². The molecule has 5 nitrogen and oxygen atoms in total. The zero-order valence-corrected chi connectivity index (χ0v) is 15.2. The Bertz CT molecular complexity index is 819. The van der Waals surface area contributed by atoms with E-state index in [1.165, 1.54) is 6.07 Å². The number of carbonyl (C=O) groups excluding carboxylic acids is 1. The van der Waals surface area contributed by atoms with Crippen molar-refractivity contribution in [3.8, 4) is 0 Å². The SMILES string of the molecule is CC(C)(C)c1nccc(N2CCN(Cc3ccc(F)c(F)c3)C(=O)C2)n1. The molecule has 3 rings (SSSR count). The van der Waals surface area contributed by atoms with Crippen LogP contribution in [0.4, 0.5) is 14.6 Å². The van der Waals surface area contributed by atoms with Crippen LogP contribution in [0, 0.1) is 11.6 Å². The summed E-state index contributed by atoms with van der Waals surface area (Å²) in [7, 11) is 0. The number of piperazine rings is 1. The normalized spacial score (nSPS) is 15.5.